The van der Waals surface area contributed by atoms with Gasteiger partial charge in [0.15, 0.2) is 6.61 Å². The Hall–Kier alpha value is -5.11. The van der Waals surface area contributed by atoms with Gasteiger partial charge >= 0.3 is 12.1 Å². The number of carboxylic acid groups (broad SMARTS) is 1. The molecule has 0 unspecified atom stereocenters. The number of carbonyl (C=O) groups is 4. The molecular formula is C32H33F3N4O7. The molecule has 244 valence electrons. The lowest BCUT2D eigenvalue weighted by molar-refractivity contribution is -0.192. The third kappa shape index (κ3) is 9.69. The summed E-state index contributed by atoms with van der Waals surface area (Å²) < 4.78 is 42.9. The second kappa shape index (κ2) is 15.3. The van der Waals surface area contributed by atoms with Crippen LogP contribution in [0.25, 0.3) is 0 Å². The van der Waals surface area contributed by atoms with E-state index in [1.165, 1.54) is 0 Å². The lowest BCUT2D eigenvalue weighted by Gasteiger charge is -2.24. The molecule has 2 aliphatic rings. The third-order valence-corrected chi connectivity index (χ3v) is 6.90. The number of nitrogens with zero attached hydrogens (tertiary/aromatic N) is 1. The lowest BCUT2D eigenvalue weighted by atomic mass is 10.1. The van der Waals surface area contributed by atoms with Crippen molar-refractivity contribution >= 4 is 35.1 Å². The molecule has 3 aromatic carbocycles. The quantitative estimate of drug-likeness (QED) is 0.217. The van der Waals surface area contributed by atoms with Crippen molar-refractivity contribution < 1.29 is 46.9 Å². The van der Waals surface area contributed by atoms with E-state index in [4.69, 9.17) is 25.1 Å². The minimum atomic E-state index is -5.08. The highest BCUT2D eigenvalue weighted by Crippen LogP contribution is 2.33. The molecule has 0 bridgehead atoms. The molecule has 1 aliphatic carbocycles. The van der Waals surface area contributed by atoms with E-state index in [1.54, 1.807) is 30.3 Å². The van der Waals surface area contributed by atoms with E-state index in [1.807, 2.05) is 41.3 Å². The van der Waals surface area contributed by atoms with Crippen LogP contribution < -0.4 is 25.8 Å². The molecule has 5 rings (SSSR count). The lowest BCUT2D eigenvalue weighted by Crippen LogP contribution is -2.33. The van der Waals surface area contributed by atoms with Crippen LogP contribution in [0.2, 0.25) is 0 Å². The number of unbranched alkanes of at least 4 members (excludes halogenated alkanes) is 1. The van der Waals surface area contributed by atoms with Crippen LogP contribution in [-0.2, 0) is 16.1 Å². The molecule has 1 aliphatic heterocycles. The number of hydrogen-bond donors (Lipinski definition) is 4. The predicted octanol–water partition coefficient (Wildman–Crippen LogP) is 4.83. The number of carbonyl (C=O) groups excluding carboxylic acids is 3. The van der Waals surface area contributed by atoms with Crippen LogP contribution in [0.4, 0.5) is 24.5 Å². The van der Waals surface area contributed by atoms with E-state index in [0.717, 1.165) is 37.0 Å². The summed E-state index contributed by atoms with van der Waals surface area (Å²) >= 11 is 0. The van der Waals surface area contributed by atoms with Crippen molar-refractivity contribution in [2.45, 2.75) is 44.4 Å². The van der Waals surface area contributed by atoms with E-state index < -0.39 is 12.1 Å². The van der Waals surface area contributed by atoms with Crippen molar-refractivity contribution in [2.24, 2.45) is 5.73 Å². The largest absolute Gasteiger partial charge is 0.494 e. The van der Waals surface area contributed by atoms with Crippen LogP contribution in [0.3, 0.4) is 0 Å². The number of amides is 3. The van der Waals surface area contributed by atoms with E-state index in [-0.39, 0.29) is 30.4 Å². The smallest absolute Gasteiger partial charge is 0.490 e. The number of halogens is 3. The summed E-state index contributed by atoms with van der Waals surface area (Å²) in [7, 11) is 0. The zero-order chi connectivity index (χ0) is 33.3. The molecule has 0 spiro atoms. The topological polar surface area (TPSA) is 160 Å². The number of hydrogen-bond acceptors (Lipinski definition) is 7. The fourth-order valence-corrected chi connectivity index (χ4v) is 4.36. The summed E-state index contributed by atoms with van der Waals surface area (Å²) in [5.41, 5.74) is 8.72. The van der Waals surface area contributed by atoms with Gasteiger partial charge in [0.1, 0.15) is 11.5 Å². The fraction of sp³-hybridized carbons (Fsp3) is 0.312. The number of ether oxygens (including phenoxy) is 2. The van der Waals surface area contributed by atoms with Gasteiger partial charge in [0.25, 0.3) is 17.7 Å². The second-order valence-electron chi connectivity index (χ2n) is 10.5. The van der Waals surface area contributed by atoms with Gasteiger partial charge in [0.2, 0.25) is 0 Å². The minimum absolute atomic E-state index is 0.0632. The molecule has 11 nitrogen and oxygen atoms in total. The number of carboxylic acids is 1. The molecule has 1 heterocycles. The Morgan fingerprint density at radius 2 is 1.65 bits per heavy atom. The first-order valence-electron chi connectivity index (χ1n) is 14.5. The molecule has 0 aromatic heterocycles. The van der Waals surface area contributed by atoms with Crippen LogP contribution in [0.15, 0.2) is 66.7 Å². The Morgan fingerprint density at radius 3 is 2.26 bits per heavy atom. The zero-order valence-corrected chi connectivity index (χ0v) is 24.6. The van der Waals surface area contributed by atoms with Gasteiger partial charge in [0.05, 0.1) is 12.3 Å². The number of nitrogens with two attached hydrogens (primary N) is 1. The van der Waals surface area contributed by atoms with Gasteiger partial charge in [-0.1, -0.05) is 12.1 Å². The molecule has 14 heteroatoms. The Kier molecular flexibility index (Phi) is 11.2. The van der Waals surface area contributed by atoms with Gasteiger partial charge in [0, 0.05) is 29.4 Å². The summed E-state index contributed by atoms with van der Waals surface area (Å²) in [6, 6.07) is 19.8. The van der Waals surface area contributed by atoms with Gasteiger partial charge < -0.3 is 35.8 Å². The number of benzene rings is 3. The van der Waals surface area contributed by atoms with E-state index in [9.17, 15) is 27.6 Å². The van der Waals surface area contributed by atoms with E-state index in [0.29, 0.717) is 47.9 Å². The maximum atomic E-state index is 13.4. The van der Waals surface area contributed by atoms with Gasteiger partial charge in [-0.15, -0.1) is 0 Å². The molecule has 46 heavy (non-hydrogen) atoms. The van der Waals surface area contributed by atoms with Crippen molar-refractivity contribution in [3.8, 4) is 11.5 Å². The fourth-order valence-electron chi connectivity index (χ4n) is 4.36. The Balaban J connectivity index is 0.000000617. The molecule has 1 saturated carbocycles. The SMILES string of the molecule is NCCCCOc1ccc(NC(=O)c2ccc(CN(C(=O)c3ccc4c(c3)OCC(=O)N4)C3CC3)cc2)cc1.O=C(O)C(F)(F)F. The number of aliphatic carboxylic acids is 1. The number of anilines is 2. The van der Waals surface area contributed by atoms with Gasteiger partial charge in [-0.25, -0.2) is 4.79 Å². The van der Waals surface area contributed by atoms with Gasteiger partial charge in [-0.3, -0.25) is 14.4 Å². The monoisotopic (exact) mass is 642 g/mol. The Labute approximate surface area is 262 Å². The normalized spacial score (nSPS) is 13.6. The second-order valence-corrected chi connectivity index (χ2v) is 10.5. The molecule has 5 N–H and O–H groups in total. The highest BCUT2D eigenvalue weighted by molar-refractivity contribution is 6.04. The maximum absolute atomic E-state index is 13.4. The Morgan fingerprint density at radius 1 is 1.00 bits per heavy atom. The summed E-state index contributed by atoms with van der Waals surface area (Å²) in [6.07, 6.45) is -1.34. The van der Waals surface area contributed by atoms with Crippen molar-refractivity contribution in [2.75, 3.05) is 30.4 Å². The van der Waals surface area contributed by atoms with Crippen LogP contribution in [0.5, 0.6) is 11.5 Å². The van der Waals surface area contributed by atoms with E-state index in [2.05, 4.69) is 10.6 Å². The van der Waals surface area contributed by atoms with Crippen molar-refractivity contribution in [1.82, 2.24) is 4.90 Å². The number of fused-ring (bicyclic) bond motifs is 1. The summed E-state index contributed by atoms with van der Waals surface area (Å²) in [5.74, 6) is -2.03. The molecule has 3 aromatic rings. The van der Waals surface area contributed by atoms with Gasteiger partial charge in [-0.2, -0.15) is 13.2 Å². The summed E-state index contributed by atoms with van der Waals surface area (Å²) in [6.45, 7) is 1.64. The third-order valence-electron chi connectivity index (χ3n) is 6.90. The standard InChI is InChI=1S/C30H32N4O5.C2HF3O2/c31-15-1-2-16-38-25-12-8-23(9-13-25)32-29(36)21-5-3-20(4-6-21)18-34(24-10-11-24)30(37)22-7-14-26-27(17-22)39-19-28(35)33-26;3-2(4,5)1(6)7/h3-9,12-14,17,24H,1-2,10-11,15-16,18-19,31H2,(H,32,36)(H,33,35);(H,6,7). The minimum Gasteiger partial charge on any atom is -0.494 e. The average Bonchev–Trinajstić information content (AvgIpc) is 3.88. The highest BCUT2D eigenvalue weighted by atomic mass is 19.4. The molecule has 0 radical (unpaired) electrons. The molecule has 3 amide bonds. The zero-order valence-electron chi connectivity index (χ0n) is 24.6. The maximum Gasteiger partial charge on any atom is 0.490 e. The van der Waals surface area contributed by atoms with Crippen molar-refractivity contribution in [1.29, 1.82) is 0 Å². The Bertz CT molecular complexity index is 1540. The van der Waals surface area contributed by atoms with Crippen LogP contribution in [0.1, 0.15) is 52.0 Å². The molecule has 1 fully saturated rings. The predicted molar refractivity (Wildman–Crippen MR) is 162 cm³/mol. The molecule has 0 saturated heterocycles. The first-order valence-corrected chi connectivity index (χ1v) is 14.5. The first-order chi connectivity index (χ1) is 21.9. The van der Waals surface area contributed by atoms with Crippen LogP contribution in [0, 0.1) is 0 Å². The van der Waals surface area contributed by atoms with E-state index >= 15 is 0 Å². The van der Waals surface area contributed by atoms with Crippen LogP contribution >= 0.6 is 0 Å². The summed E-state index contributed by atoms with van der Waals surface area (Å²) in [4.78, 5) is 48.4. The average molecular weight is 643 g/mol. The van der Waals surface area contributed by atoms with Gasteiger partial charge in [-0.05, 0) is 92.4 Å². The highest BCUT2D eigenvalue weighted by Gasteiger charge is 2.38. The number of alkyl halides is 3. The molecular weight excluding hydrogens is 609 g/mol. The van der Waals surface area contributed by atoms with Crippen molar-refractivity contribution in [3.63, 3.8) is 0 Å². The number of nitrogens with one attached hydrogen (secondary N) is 2. The molecule has 0 atom stereocenters. The summed E-state index contributed by atoms with van der Waals surface area (Å²) in [5, 5.41) is 12.8. The first kappa shape index (κ1) is 33.8. The number of rotatable bonds is 11. The van der Waals surface area contributed by atoms with Crippen molar-refractivity contribution in [3.05, 3.63) is 83.4 Å². The van der Waals surface area contributed by atoms with Crippen LogP contribution in [-0.4, -0.2) is 65.7 Å².